The third-order valence-electron chi connectivity index (χ3n) is 2.83. The average Bonchev–Trinajstić information content (AvgIpc) is 2.44. The molecule has 0 aliphatic carbocycles. The molecule has 0 aliphatic heterocycles. The summed E-state index contributed by atoms with van der Waals surface area (Å²) < 4.78 is 18.7. The first-order valence-corrected chi connectivity index (χ1v) is 6.95. The minimum atomic E-state index is -0.674. The van der Waals surface area contributed by atoms with E-state index in [1.165, 1.54) is 18.2 Å². The predicted octanol–water partition coefficient (Wildman–Crippen LogP) is 4.28. The monoisotopic (exact) mass is 307 g/mol. The van der Waals surface area contributed by atoms with Crippen LogP contribution in [0.3, 0.4) is 0 Å². The Balaban J connectivity index is 2.05. The van der Waals surface area contributed by atoms with Crippen LogP contribution in [0.15, 0.2) is 48.5 Å². The molecule has 1 amide bonds. The number of hydrogen-bond acceptors (Lipinski definition) is 2. The number of hydrogen-bond donors (Lipinski definition) is 1. The zero-order chi connectivity index (χ0) is 15.2. The van der Waals surface area contributed by atoms with Gasteiger partial charge in [-0.1, -0.05) is 30.7 Å². The molecule has 1 N–H and O–H groups in total. The van der Waals surface area contributed by atoms with Crippen LogP contribution >= 0.6 is 11.6 Å². The first-order chi connectivity index (χ1) is 10.1. The quantitative estimate of drug-likeness (QED) is 0.895. The fourth-order valence-corrected chi connectivity index (χ4v) is 2.00. The molecule has 2 rings (SSSR count). The lowest BCUT2D eigenvalue weighted by Gasteiger charge is -2.17. The van der Waals surface area contributed by atoms with Crippen LogP contribution in [0, 0.1) is 5.82 Å². The van der Waals surface area contributed by atoms with E-state index in [-0.39, 0.29) is 5.91 Å². The van der Waals surface area contributed by atoms with Crippen molar-refractivity contribution < 1.29 is 13.9 Å². The van der Waals surface area contributed by atoms with Gasteiger partial charge in [-0.05, 0) is 42.8 Å². The third-order valence-corrected chi connectivity index (χ3v) is 3.06. The molecule has 0 radical (unpaired) electrons. The van der Waals surface area contributed by atoms with Crippen molar-refractivity contribution in [2.45, 2.75) is 19.4 Å². The van der Waals surface area contributed by atoms with E-state index in [1.807, 2.05) is 6.92 Å². The van der Waals surface area contributed by atoms with Gasteiger partial charge in [0.1, 0.15) is 11.6 Å². The van der Waals surface area contributed by atoms with E-state index in [2.05, 4.69) is 5.32 Å². The fourth-order valence-electron chi connectivity index (χ4n) is 1.82. The molecular weight excluding hydrogens is 293 g/mol. The molecule has 1 atom stereocenters. The zero-order valence-electron chi connectivity index (χ0n) is 11.5. The maximum atomic E-state index is 13.1. The van der Waals surface area contributed by atoms with Crippen molar-refractivity contribution >= 4 is 23.2 Å². The van der Waals surface area contributed by atoms with Crippen molar-refractivity contribution in [2.75, 3.05) is 5.32 Å². The van der Waals surface area contributed by atoms with Gasteiger partial charge >= 0.3 is 0 Å². The highest BCUT2D eigenvalue weighted by Gasteiger charge is 2.18. The Morgan fingerprint density at radius 3 is 2.71 bits per heavy atom. The molecule has 0 spiro atoms. The predicted molar refractivity (Wildman–Crippen MR) is 81.2 cm³/mol. The van der Waals surface area contributed by atoms with Crippen molar-refractivity contribution in [3.05, 3.63) is 59.4 Å². The summed E-state index contributed by atoms with van der Waals surface area (Å²) in [4.78, 5) is 12.2. The fraction of sp³-hybridized carbons (Fsp3) is 0.188. The number of carbonyl (C=O) groups excluding carboxylic acids is 1. The molecule has 0 aliphatic rings. The molecule has 0 unspecified atom stereocenters. The first kappa shape index (κ1) is 15.3. The van der Waals surface area contributed by atoms with Crippen LogP contribution in [-0.4, -0.2) is 12.0 Å². The Morgan fingerprint density at radius 1 is 1.29 bits per heavy atom. The van der Waals surface area contributed by atoms with Crippen LogP contribution in [0.2, 0.25) is 5.02 Å². The largest absolute Gasteiger partial charge is 0.481 e. The van der Waals surface area contributed by atoms with Crippen LogP contribution < -0.4 is 10.1 Å². The van der Waals surface area contributed by atoms with Gasteiger partial charge in [0.25, 0.3) is 5.91 Å². The molecule has 0 saturated carbocycles. The Kier molecular flexibility index (Phi) is 5.17. The summed E-state index contributed by atoms with van der Waals surface area (Å²) in [6.45, 7) is 1.83. The number of halogens is 2. The van der Waals surface area contributed by atoms with Gasteiger partial charge in [-0.15, -0.1) is 0 Å². The highest BCUT2D eigenvalue weighted by molar-refractivity contribution is 6.30. The normalized spacial score (nSPS) is 11.8. The van der Waals surface area contributed by atoms with Crippen LogP contribution in [-0.2, 0) is 4.79 Å². The SMILES string of the molecule is CC[C@@H](Oc1cccc(Cl)c1)C(=O)Nc1cccc(F)c1. The van der Waals surface area contributed by atoms with Gasteiger partial charge in [0, 0.05) is 10.7 Å². The highest BCUT2D eigenvalue weighted by atomic mass is 35.5. The molecule has 0 fully saturated rings. The van der Waals surface area contributed by atoms with E-state index >= 15 is 0 Å². The third kappa shape index (κ3) is 4.46. The Labute approximate surface area is 127 Å². The zero-order valence-corrected chi connectivity index (χ0v) is 12.2. The minimum Gasteiger partial charge on any atom is -0.481 e. The van der Waals surface area contributed by atoms with Gasteiger partial charge in [0.2, 0.25) is 0 Å². The second-order valence-corrected chi connectivity index (χ2v) is 4.91. The van der Waals surface area contributed by atoms with Crippen molar-refractivity contribution in [3.63, 3.8) is 0 Å². The van der Waals surface area contributed by atoms with E-state index in [4.69, 9.17) is 16.3 Å². The second kappa shape index (κ2) is 7.09. The molecule has 2 aromatic rings. The average molecular weight is 308 g/mol. The van der Waals surface area contributed by atoms with Gasteiger partial charge < -0.3 is 10.1 Å². The molecule has 2 aromatic carbocycles. The number of nitrogens with one attached hydrogen (secondary N) is 1. The summed E-state index contributed by atoms with van der Waals surface area (Å²) in [6, 6.07) is 12.6. The van der Waals surface area contributed by atoms with Gasteiger partial charge in [-0.2, -0.15) is 0 Å². The molecule has 0 saturated heterocycles. The van der Waals surface area contributed by atoms with Crippen LogP contribution in [0.5, 0.6) is 5.75 Å². The van der Waals surface area contributed by atoms with Gasteiger partial charge in [-0.3, -0.25) is 4.79 Å². The van der Waals surface area contributed by atoms with Crippen LogP contribution in [0.4, 0.5) is 10.1 Å². The second-order valence-electron chi connectivity index (χ2n) is 4.47. The Bertz CT molecular complexity index is 633. The lowest BCUT2D eigenvalue weighted by atomic mass is 10.2. The smallest absolute Gasteiger partial charge is 0.265 e. The van der Waals surface area contributed by atoms with Crippen molar-refractivity contribution in [1.29, 1.82) is 0 Å². The maximum Gasteiger partial charge on any atom is 0.265 e. The molecule has 110 valence electrons. The Morgan fingerprint density at radius 2 is 2.05 bits per heavy atom. The molecule has 3 nitrogen and oxygen atoms in total. The van der Waals surface area contributed by atoms with Crippen molar-refractivity contribution in [2.24, 2.45) is 0 Å². The van der Waals surface area contributed by atoms with Crippen LogP contribution in [0.1, 0.15) is 13.3 Å². The summed E-state index contributed by atoms with van der Waals surface area (Å²) >= 11 is 5.88. The molecule has 0 aromatic heterocycles. The number of anilines is 1. The van der Waals surface area contributed by atoms with E-state index in [9.17, 15) is 9.18 Å². The number of rotatable bonds is 5. The minimum absolute atomic E-state index is 0.330. The van der Waals surface area contributed by atoms with E-state index < -0.39 is 11.9 Å². The summed E-state index contributed by atoms with van der Waals surface area (Å²) in [5, 5.41) is 3.17. The van der Waals surface area contributed by atoms with Crippen molar-refractivity contribution in [3.8, 4) is 5.75 Å². The Hall–Kier alpha value is -2.07. The van der Waals surface area contributed by atoms with E-state index in [1.54, 1.807) is 30.3 Å². The first-order valence-electron chi connectivity index (χ1n) is 6.57. The van der Waals surface area contributed by atoms with Crippen LogP contribution in [0.25, 0.3) is 0 Å². The van der Waals surface area contributed by atoms with Gasteiger partial charge in [-0.25, -0.2) is 4.39 Å². The van der Waals surface area contributed by atoms with Gasteiger partial charge in [0.05, 0.1) is 0 Å². The van der Waals surface area contributed by atoms with E-state index in [0.29, 0.717) is 22.9 Å². The van der Waals surface area contributed by atoms with E-state index in [0.717, 1.165) is 0 Å². The molecule has 0 bridgehead atoms. The molecule has 0 heterocycles. The number of benzene rings is 2. The topological polar surface area (TPSA) is 38.3 Å². The summed E-state index contributed by atoms with van der Waals surface area (Å²) in [5.74, 6) is -0.219. The number of amides is 1. The standard InChI is InChI=1S/C16H15ClFNO2/c1-2-15(21-14-8-3-5-11(17)9-14)16(20)19-13-7-4-6-12(18)10-13/h3-10,15H,2H2,1H3,(H,19,20)/t15-/m1/s1. The van der Waals surface area contributed by atoms with Crippen molar-refractivity contribution in [1.82, 2.24) is 0 Å². The maximum absolute atomic E-state index is 13.1. The molecular formula is C16H15ClFNO2. The molecule has 5 heteroatoms. The number of ether oxygens (including phenoxy) is 1. The summed E-state index contributed by atoms with van der Waals surface area (Å²) in [6.07, 6.45) is -0.194. The highest BCUT2D eigenvalue weighted by Crippen LogP contribution is 2.20. The summed E-state index contributed by atoms with van der Waals surface area (Å²) in [7, 11) is 0. The van der Waals surface area contributed by atoms with Gasteiger partial charge in [0.15, 0.2) is 6.10 Å². The molecule has 21 heavy (non-hydrogen) atoms. The lowest BCUT2D eigenvalue weighted by Crippen LogP contribution is -2.32. The lowest BCUT2D eigenvalue weighted by molar-refractivity contribution is -0.122. The number of carbonyl (C=O) groups is 1. The summed E-state index contributed by atoms with van der Waals surface area (Å²) in [5.41, 5.74) is 0.396.